The van der Waals surface area contributed by atoms with E-state index in [1.54, 1.807) is 12.4 Å². The molecule has 1 aliphatic carbocycles. The summed E-state index contributed by atoms with van der Waals surface area (Å²) in [5.74, 6) is 0.532. The van der Waals surface area contributed by atoms with Gasteiger partial charge in [-0.2, -0.15) is 0 Å². The molecule has 1 fully saturated rings. The molecule has 5 heteroatoms. The number of benzene rings is 1. The number of hydrogen-bond donors (Lipinski definition) is 1. The Kier molecular flexibility index (Phi) is 5.58. The Bertz CT molecular complexity index is 856. The van der Waals surface area contributed by atoms with Crippen LogP contribution in [-0.2, 0) is 4.79 Å². The van der Waals surface area contributed by atoms with Gasteiger partial charge in [-0.15, -0.1) is 11.3 Å². The van der Waals surface area contributed by atoms with E-state index >= 15 is 0 Å². The Morgan fingerprint density at radius 1 is 1.07 bits per heavy atom. The van der Waals surface area contributed by atoms with Crippen molar-refractivity contribution in [3.8, 4) is 11.3 Å². The molecule has 1 atom stereocenters. The normalized spacial score (nSPS) is 15.6. The average Bonchev–Trinajstić information content (AvgIpc) is 3.41. The number of hydrogen-bond acceptors (Lipinski definition) is 4. The number of rotatable bonds is 6. The largest absolute Gasteiger partial charge is 0.301 e. The van der Waals surface area contributed by atoms with Crippen molar-refractivity contribution in [2.24, 2.45) is 5.92 Å². The first-order valence-electron chi connectivity index (χ1n) is 9.51. The second kappa shape index (κ2) is 8.44. The SMILES string of the molecule is O=C(Nc1nccs1)C(CC1CCCC1)c1ccc(-c2ccccn2)cc1. The summed E-state index contributed by atoms with van der Waals surface area (Å²) >= 11 is 1.45. The van der Waals surface area contributed by atoms with Crippen LogP contribution < -0.4 is 5.32 Å². The molecule has 4 rings (SSSR count). The maximum atomic E-state index is 13.0. The lowest BCUT2D eigenvalue weighted by Gasteiger charge is -2.20. The highest BCUT2D eigenvalue weighted by Gasteiger charge is 2.27. The van der Waals surface area contributed by atoms with E-state index in [-0.39, 0.29) is 11.8 Å². The van der Waals surface area contributed by atoms with Gasteiger partial charge in [0, 0.05) is 23.3 Å². The lowest BCUT2D eigenvalue weighted by Crippen LogP contribution is -2.23. The zero-order chi connectivity index (χ0) is 18.5. The van der Waals surface area contributed by atoms with Crippen LogP contribution in [0, 0.1) is 5.92 Å². The van der Waals surface area contributed by atoms with E-state index < -0.39 is 0 Å². The summed E-state index contributed by atoms with van der Waals surface area (Å²) in [6.45, 7) is 0. The van der Waals surface area contributed by atoms with Gasteiger partial charge in [-0.1, -0.05) is 56.0 Å². The summed E-state index contributed by atoms with van der Waals surface area (Å²) in [6, 6.07) is 14.2. The highest BCUT2D eigenvalue weighted by Crippen LogP contribution is 2.35. The van der Waals surface area contributed by atoms with Crippen molar-refractivity contribution in [1.82, 2.24) is 9.97 Å². The summed E-state index contributed by atoms with van der Waals surface area (Å²) in [7, 11) is 0. The topological polar surface area (TPSA) is 54.9 Å². The van der Waals surface area contributed by atoms with Crippen LogP contribution in [0.5, 0.6) is 0 Å². The predicted octanol–water partition coefficient (Wildman–Crippen LogP) is 5.51. The van der Waals surface area contributed by atoms with Crippen LogP contribution in [0.25, 0.3) is 11.3 Å². The Hall–Kier alpha value is -2.53. The third kappa shape index (κ3) is 4.42. The highest BCUT2D eigenvalue weighted by atomic mass is 32.1. The van der Waals surface area contributed by atoms with Gasteiger partial charge in [0.25, 0.3) is 0 Å². The molecule has 1 saturated carbocycles. The minimum Gasteiger partial charge on any atom is -0.301 e. The van der Waals surface area contributed by atoms with Gasteiger partial charge in [0.1, 0.15) is 0 Å². The van der Waals surface area contributed by atoms with E-state index in [4.69, 9.17) is 0 Å². The third-order valence-corrected chi connectivity index (χ3v) is 5.98. The fourth-order valence-corrected chi connectivity index (χ4v) is 4.40. The quantitative estimate of drug-likeness (QED) is 0.616. The number of nitrogens with zero attached hydrogens (tertiary/aromatic N) is 2. The molecule has 3 aromatic rings. The van der Waals surface area contributed by atoms with Gasteiger partial charge >= 0.3 is 0 Å². The molecule has 0 aliphatic heterocycles. The molecule has 1 aliphatic rings. The van der Waals surface area contributed by atoms with Crippen molar-refractivity contribution in [1.29, 1.82) is 0 Å². The molecule has 138 valence electrons. The minimum absolute atomic E-state index is 0.0439. The molecule has 1 aromatic carbocycles. The second-order valence-corrected chi connectivity index (χ2v) is 8.00. The summed E-state index contributed by atoms with van der Waals surface area (Å²) in [5, 5.41) is 5.54. The maximum absolute atomic E-state index is 13.0. The molecule has 0 saturated heterocycles. The second-order valence-electron chi connectivity index (χ2n) is 7.10. The lowest BCUT2D eigenvalue weighted by atomic mass is 9.86. The molecular weight excluding hydrogens is 354 g/mol. The van der Waals surface area contributed by atoms with Crippen LogP contribution in [-0.4, -0.2) is 15.9 Å². The molecule has 27 heavy (non-hydrogen) atoms. The number of pyridine rings is 1. The molecule has 1 unspecified atom stereocenters. The van der Waals surface area contributed by atoms with Gasteiger partial charge in [0.2, 0.25) is 5.91 Å². The number of amides is 1. The standard InChI is InChI=1S/C22H23N3OS/c26-21(25-22-24-13-14-27-22)19(15-16-5-1-2-6-16)17-8-10-18(11-9-17)20-7-3-4-12-23-20/h3-4,7-14,16,19H,1-2,5-6,15H2,(H,24,25,26). The van der Waals surface area contributed by atoms with Crippen molar-refractivity contribution in [3.63, 3.8) is 0 Å². The van der Waals surface area contributed by atoms with E-state index in [1.807, 2.05) is 23.6 Å². The van der Waals surface area contributed by atoms with Crippen molar-refractivity contribution < 1.29 is 4.79 Å². The van der Waals surface area contributed by atoms with Crippen molar-refractivity contribution in [2.75, 3.05) is 5.32 Å². The first kappa shape index (κ1) is 17.9. The van der Waals surface area contributed by atoms with E-state index in [0.717, 1.165) is 23.2 Å². The lowest BCUT2D eigenvalue weighted by molar-refractivity contribution is -0.118. The summed E-state index contributed by atoms with van der Waals surface area (Å²) < 4.78 is 0. The Balaban J connectivity index is 1.56. The zero-order valence-corrected chi connectivity index (χ0v) is 16.0. The van der Waals surface area contributed by atoms with Gasteiger partial charge < -0.3 is 5.32 Å². The van der Waals surface area contributed by atoms with Crippen LogP contribution >= 0.6 is 11.3 Å². The maximum Gasteiger partial charge on any atom is 0.233 e. The molecule has 1 N–H and O–H groups in total. The summed E-state index contributed by atoms with van der Waals surface area (Å²) in [4.78, 5) is 21.6. The molecule has 0 spiro atoms. The van der Waals surface area contributed by atoms with Crippen LogP contribution in [0.4, 0.5) is 5.13 Å². The zero-order valence-electron chi connectivity index (χ0n) is 15.2. The van der Waals surface area contributed by atoms with Gasteiger partial charge in [0.15, 0.2) is 5.13 Å². The van der Waals surface area contributed by atoms with Crippen molar-refractivity contribution in [2.45, 2.75) is 38.0 Å². The van der Waals surface area contributed by atoms with E-state index in [2.05, 4.69) is 39.6 Å². The number of carbonyl (C=O) groups excluding carboxylic acids is 1. The first-order chi connectivity index (χ1) is 13.3. The first-order valence-corrected chi connectivity index (χ1v) is 10.4. The van der Waals surface area contributed by atoms with Crippen molar-refractivity contribution in [3.05, 3.63) is 65.8 Å². The van der Waals surface area contributed by atoms with Crippen molar-refractivity contribution >= 4 is 22.4 Å². The fourth-order valence-electron chi connectivity index (χ4n) is 3.87. The van der Waals surface area contributed by atoms with Crippen LogP contribution in [0.2, 0.25) is 0 Å². The smallest absolute Gasteiger partial charge is 0.233 e. The monoisotopic (exact) mass is 377 g/mol. The molecule has 2 aromatic heterocycles. The number of anilines is 1. The van der Waals surface area contributed by atoms with Gasteiger partial charge in [-0.3, -0.25) is 9.78 Å². The number of carbonyl (C=O) groups is 1. The predicted molar refractivity (Wildman–Crippen MR) is 110 cm³/mol. The van der Waals surface area contributed by atoms with Gasteiger partial charge in [-0.25, -0.2) is 4.98 Å². The third-order valence-electron chi connectivity index (χ3n) is 5.30. The van der Waals surface area contributed by atoms with Crippen LogP contribution in [0.1, 0.15) is 43.6 Å². The van der Waals surface area contributed by atoms with Gasteiger partial charge in [-0.05, 0) is 30.0 Å². The number of nitrogens with one attached hydrogen (secondary N) is 1. The van der Waals surface area contributed by atoms with E-state index in [9.17, 15) is 4.79 Å². The number of thiazole rings is 1. The highest BCUT2D eigenvalue weighted by molar-refractivity contribution is 7.13. The molecule has 1 amide bonds. The number of aromatic nitrogens is 2. The summed E-state index contributed by atoms with van der Waals surface area (Å²) in [5.41, 5.74) is 3.08. The minimum atomic E-state index is -0.144. The Morgan fingerprint density at radius 2 is 1.89 bits per heavy atom. The van der Waals surface area contributed by atoms with E-state index in [0.29, 0.717) is 11.0 Å². The fraction of sp³-hybridized carbons (Fsp3) is 0.318. The molecule has 4 nitrogen and oxygen atoms in total. The molecule has 2 heterocycles. The van der Waals surface area contributed by atoms with Crippen LogP contribution in [0.3, 0.4) is 0 Å². The van der Waals surface area contributed by atoms with E-state index in [1.165, 1.54) is 37.0 Å². The Labute approximate surface area is 163 Å². The van der Waals surface area contributed by atoms with Crippen LogP contribution in [0.15, 0.2) is 60.2 Å². The molecule has 0 bridgehead atoms. The molecular formula is C22H23N3OS. The molecule has 0 radical (unpaired) electrons. The Morgan fingerprint density at radius 3 is 2.56 bits per heavy atom. The summed E-state index contributed by atoms with van der Waals surface area (Å²) in [6.07, 6.45) is 9.44. The van der Waals surface area contributed by atoms with Gasteiger partial charge in [0.05, 0.1) is 11.6 Å². The average molecular weight is 378 g/mol.